The van der Waals surface area contributed by atoms with Gasteiger partial charge in [0, 0.05) is 30.4 Å². The highest BCUT2D eigenvalue weighted by atomic mass is 32.2. The maximum atomic E-state index is 12.5. The molecule has 2 fully saturated rings. The number of rotatable bonds is 8. The number of carbonyl (C=O) groups is 2. The predicted molar refractivity (Wildman–Crippen MR) is 100 cm³/mol. The first-order chi connectivity index (χ1) is 12.6. The van der Waals surface area contributed by atoms with Crippen molar-refractivity contribution in [2.45, 2.75) is 49.6 Å². The van der Waals surface area contributed by atoms with Gasteiger partial charge >= 0.3 is 5.97 Å². The monoisotopic (exact) mass is 394 g/mol. The molecule has 2 aliphatic carbocycles. The summed E-state index contributed by atoms with van der Waals surface area (Å²) in [6.45, 7) is 2.55. The Morgan fingerprint density at radius 3 is 2.48 bits per heavy atom. The molecule has 2 saturated carbocycles. The summed E-state index contributed by atoms with van der Waals surface area (Å²) in [6.07, 6.45) is 4.90. The standard InChI is InChI=1S/C19H26N2O5S/c1-12-3-6-14(7-17(12)27(2,25)26)19(24)20-15-8-16(9-15)21(11-18(22)23)10-13-4-5-13/h3,6-7,13,15-16H,4-5,8-11H2,1-2H3,(H,20,24)(H,22,23). The Hall–Kier alpha value is -1.93. The molecule has 2 N–H and O–H groups in total. The van der Waals surface area contributed by atoms with Crippen molar-refractivity contribution in [1.29, 1.82) is 0 Å². The minimum Gasteiger partial charge on any atom is -0.480 e. The normalized spacial score (nSPS) is 22.3. The Balaban J connectivity index is 1.58. The molecular formula is C19H26N2O5S. The molecule has 0 saturated heterocycles. The number of hydrogen-bond acceptors (Lipinski definition) is 5. The van der Waals surface area contributed by atoms with Crippen LogP contribution in [0.3, 0.4) is 0 Å². The average Bonchev–Trinajstić information content (AvgIpc) is 3.32. The van der Waals surface area contributed by atoms with Crippen LogP contribution in [0.1, 0.15) is 41.6 Å². The van der Waals surface area contributed by atoms with Gasteiger partial charge in [0.25, 0.3) is 5.91 Å². The number of nitrogens with one attached hydrogen (secondary N) is 1. The molecule has 0 aliphatic heterocycles. The molecule has 27 heavy (non-hydrogen) atoms. The molecule has 0 radical (unpaired) electrons. The number of sulfone groups is 1. The maximum absolute atomic E-state index is 12.5. The van der Waals surface area contributed by atoms with Crippen molar-refractivity contribution in [3.05, 3.63) is 29.3 Å². The van der Waals surface area contributed by atoms with Crippen molar-refractivity contribution in [2.24, 2.45) is 5.92 Å². The van der Waals surface area contributed by atoms with E-state index in [-0.39, 0.29) is 29.4 Å². The Morgan fingerprint density at radius 2 is 1.93 bits per heavy atom. The summed E-state index contributed by atoms with van der Waals surface area (Å²) in [6, 6.07) is 4.84. The molecule has 7 nitrogen and oxygen atoms in total. The lowest BCUT2D eigenvalue weighted by molar-refractivity contribution is -0.139. The highest BCUT2D eigenvalue weighted by Gasteiger charge is 2.37. The van der Waals surface area contributed by atoms with Crippen molar-refractivity contribution in [3.63, 3.8) is 0 Å². The summed E-state index contributed by atoms with van der Waals surface area (Å²) in [4.78, 5) is 25.7. The zero-order valence-corrected chi connectivity index (χ0v) is 16.5. The smallest absolute Gasteiger partial charge is 0.317 e. The molecule has 3 rings (SSSR count). The largest absolute Gasteiger partial charge is 0.480 e. The zero-order valence-electron chi connectivity index (χ0n) is 15.6. The van der Waals surface area contributed by atoms with E-state index >= 15 is 0 Å². The first-order valence-electron chi connectivity index (χ1n) is 9.21. The Bertz CT molecular complexity index is 842. The summed E-state index contributed by atoms with van der Waals surface area (Å²) in [5.74, 6) is -0.508. The van der Waals surface area contributed by atoms with E-state index in [2.05, 4.69) is 5.32 Å². The topological polar surface area (TPSA) is 104 Å². The lowest BCUT2D eigenvalue weighted by atomic mass is 9.85. The third kappa shape index (κ3) is 5.07. The fraction of sp³-hybridized carbons (Fsp3) is 0.579. The molecule has 1 aromatic rings. The van der Waals surface area contributed by atoms with Gasteiger partial charge in [0.05, 0.1) is 11.4 Å². The molecule has 0 bridgehead atoms. The third-order valence-corrected chi connectivity index (χ3v) is 6.58. The quantitative estimate of drug-likeness (QED) is 0.692. The van der Waals surface area contributed by atoms with E-state index in [1.54, 1.807) is 19.1 Å². The lowest BCUT2D eigenvalue weighted by Gasteiger charge is -2.42. The first-order valence-corrected chi connectivity index (χ1v) is 11.1. The van der Waals surface area contributed by atoms with Crippen LogP contribution in [0, 0.1) is 12.8 Å². The van der Waals surface area contributed by atoms with E-state index < -0.39 is 15.8 Å². The van der Waals surface area contributed by atoms with Gasteiger partial charge in [-0.2, -0.15) is 0 Å². The summed E-state index contributed by atoms with van der Waals surface area (Å²) < 4.78 is 23.7. The second kappa shape index (κ2) is 7.59. The molecule has 1 aromatic carbocycles. The van der Waals surface area contributed by atoms with Crippen LogP contribution in [0.15, 0.2) is 23.1 Å². The summed E-state index contributed by atoms with van der Waals surface area (Å²) >= 11 is 0. The van der Waals surface area contributed by atoms with Crippen molar-refractivity contribution in [1.82, 2.24) is 10.2 Å². The van der Waals surface area contributed by atoms with Crippen molar-refractivity contribution >= 4 is 21.7 Å². The number of aryl methyl sites for hydroxylation is 1. The minimum atomic E-state index is -3.39. The number of amides is 1. The average molecular weight is 394 g/mol. The van der Waals surface area contributed by atoms with E-state index in [1.807, 2.05) is 4.90 Å². The number of benzene rings is 1. The van der Waals surface area contributed by atoms with Gasteiger partial charge < -0.3 is 10.4 Å². The maximum Gasteiger partial charge on any atom is 0.317 e. The van der Waals surface area contributed by atoms with E-state index in [4.69, 9.17) is 5.11 Å². The highest BCUT2D eigenvalue weighted by Crippen LogP contribution is 2.33. The van der Waals surface area contributed by atoms with Crippen molar-refractivity contribution in [3.8, 4) is 0 Å². The number of nitrogens with zero attached hydrogens (tertiary/aromatic N) is 1. The third-order valence-electron chi connectivity index (χ3n) is 5.34. The van der Waals surface area contributed by atoms with Gasteiger partial charge in [-0.1, -0.05) is 6.07 Å². The van der Waals surface area contributed by atoms with Gasteiger partial charge in [0.15, 0.2) is 9.84 Å². The van der Waals surface area contributed by atoms with E-state index in [0.717, 1.165) is 25.6 Å². The van der Waals surface area contributed by atoms with E-state index in [1.165, 1.54) is 18.9 Å². The highest BCUT2D eigenvalue weighted by molar-refractivity contribution is 7.90. The molecule has 2 aliphatic rings. The Kier molecular flexibility index (Phi) is 5.58. The second-order valence-corrected chi connectivity index (χ2v) is 9.80. The van der Waals surface area contributed by atoms with Crippen LogP contribution in [0.25, 0.3) is 0 Å². The van der Waals surface area contributed by atoms with Gasteiger partial charge in [0.2, 0.25) is 0 Å². The van der Waals surface area contributed by atoms with E-state index in [0.29, 0.717) is 17.0 Å². The predicted octanol–water partition coefficient (Wildman–Crippen LogP) is 1.46. The van der Waals surface area contributed by atoms with Crippen LogP contribution in [-0.2, 0) is 14.6 Å². The zero-order chi connectivity index (χ0) is 19.8. The van der Waals surface area contributed by atoms with Gasteiger partial charge in [0.1, 0.15) is 0 Å². The molecule has 0 heterocycles. The Morgan fingerprint density at radius 1 is 1.26 bits per heavy atom. The molecule has 0 aromatic heterocycles. The number of carboxylic acid groups (broad SMARTS) is 1. The number of carbonyl (C=O) groups excluding carboxylic acids is 1. The van der Waals surface area contributed by atoms with E-state index in [9.17, 15) is 18.0 Å². The number of aliphatic carboxylic acids is 1. The van der Waals surface area contributed by atoms with Crippen LogP contribution in [0.5, 0.6) is 0 Å². The summed E-state index contributed by atoms with van der Waals surface area (Å²) in [5, 5.41) is 12.0. The molecule has 1 amide bonds. The second-order valence-electron chi connectivity index (χ2n) is 7.81. The van der Waals surface area contributed by atoms with Crippen LogP contribution >= 0.6 is 0 Å². The summed E-state index contributed by atoms with van der Waals surface area (Å²) in [7, 11) is -3.39. The van der Waals surface area contributed by atoms with Gasteiger partial charge in [-0.25, -0.2) is 8.42 Å². The van der Waals surface area contributed by atoms with Gasteiger partial charge in [-0.05, 0) is 56.2 Å². The molecule has 0 atom stereocenters. The Labute approximate surface area is 159 Å². The fourth-order valence-corrected chi connectivity index (χ4v) is 4.56. The van der Waals surface area contributed by atoms with Gasteiger partial charge in [-0.15, -0.1) is 0 Å². The van der Waals surface area contributed by atoms with Crippen molar-refractivity contribution < 1.29 is 23.1 Å². The van der Waals surface area contributed by atoms with Crippen LogP contribution < -0.4 is 5.32 Å². The van der Waals surface area contributed by atoms with Gasteiger partial charge in [-0.3, -0.25) is 14.5 Å². The minimum absolute atomic E-state index is 0.0130. The molecule has 148 valence electrons. The number of carboxylic acids is 1. The van der Waals surface area contributed by atoms with Crippen molar-refractivity contribution in [2.75, 3.05) is 19.3 Å². The fourth-order valence-electron chi connectivity index (χ4n) is 3.56. The molecule has 0 unspecified atom stereocenters. The molecule has 8 heteroatoms. The first kappa shape index (κ1) is 19.8. The molecule has 0 spiro atoms. The molecular weight excluding hydrogens is 368 g/mol. The van der Waals surface area contributed by atoms with Crippen LogP contribution in [0.4, 0.5) is 0 Å². The van der Waals surface area contributed by atoms with Crippen LogP contribution in [-0.4, -0.2) is 61.7 Å². The lowest BCUT2D eigenvalue weighted by Crippen LogP contribution is -2.55. The number of hydrogen-bond donors (Lipinski definition) is 2. The van der Waals surface area contributed by atoms with Crippen LogP contribution in [0.2, 0.25) is 0 Å². The summed E-state index contributed by atoms with van der Waals surface area (Å²) in [5.41, 5.74) is 0.937. The SMILES string of the molecule is Cc1ccc(C(=O)NC2CC(N(CC(=O)O)CC3CC3)C2)cc1S(C)(=O)=O.